The molecule has 0 bridgehead atoms. The lowest BCUT2D eigenvalue weighted by atomic mass is 10.1. The third kappa shape index (κ3) is 5.32. The van der Waals surface area contributed by atoms with Crippen LogP contribution in [0.5, 0.6) is 5.75 Å². The molecule has 39 heavy (non-hydrogen) atoms. The summed E-state index contributed by atoms with van der Waals surface area (Å²) in [5, 5.41) is 12.7. The number of carbonyl (C=O) groups is 1. The summed E-state index contributed by atoms with van der Waals surface area (Å²) < 4.78 is 85.2. The van der Waals surface area contributed by atoms with Crippen LogP contribution in [0.25, 0.3) is 22.2 Å². The van der Waals surface area contributed by atoms with E-state index in [-0.39, 0.29) is 41.7 Å². The molecule has 8 nitrogen and oxygen atoms in total. The van der Waals surface area contributed by atoms with Crippen molar-refractivity contribution < 1.29 is 40.3 Å². The highest BCUT2D eigenvalue weighted by atomic mass is 32.2. The number of furan rings is 1. The van der Waals surface area contributed by atoms with Gasteiger partial charge < -0.3 is 14.8 Å². The fourth-order valence-corrected chi connectivity index (χ4v) is 6.08. The predicted molar refractivity (Wildman–Crippen MR) is 131 cm³/mol. The number of benzene rings is 2. The Labute approximate surface area is 219 Å². The molecule has 2 aromatic carbocycles. The number of aromatic nitrogens is 1. The van der Waals surface area contributed by atoms with Crippen molar-refractivity contribution in [3.8, 4) is 17.0 Å². The summed E-state index contributed by atoms with van der Waals surface area (Å²) in [5.41, 5.74) is -0.195. The summed E-state index contributed by atoms with van der Waals surface area (Å²) in [4.78, 5) is 17.3. The van der Waals surface area contributed by atoms with Crippen molar-refractivity contribution in [1.82, 2.24) is 14.6 Å². The second-order valence-electron chi connectivity index (χ2n) is 8.98. The first-order chi connectivity index (χ1) is 18.4. The highest BCUT2D eigenvalue weighted by Gasteiger charge is 2.41. The molecule has 2 N–H and O–H groups in total. The summed E-state index contributed by atoms with van der Waals surface area (Å²) in [6.07, 6.45) is -3.90. The van der Waals surface area contributed by atoms with E-state index in [9.17, 15) is 35.9 Å². The van der Waals surface area contributed by atoms with Crippen LogP contribution in [0.15, 0.2) is 70.2 Å². The van der Waals surface area contributed by atoms with E-state index in [1.807, 2.05) is 0 Å². The summed E-state index contributed by atoms with van der Waals surface area (Å²) >= 11 is 0. The molecule has 0 aliphatic carbocycles. The van der Waals surface area contributed by atoms with Gasteiger partial charge in [0.15, 0.2) is 0 Å². The topological polar surface area (TPSA) is 113 Å². The van der Waals surface area contributed by atoms with Gasteiger partial charge in [-0.2, -0.15) is 17.5 Å². The molecule has 2 aromatic heterocycles. The van der Waals surface area contributed by atoms with Gasteiger partial charge in [0.2, 0.25) is 11.0 Å². The molecule has 0 unspecified atom stereocenters. The molecule has 3 heterocycles. The van der Waals surface area contributed by atoms with Gasteiger partial charge in [-0.3, -0.25) is 9.78 Å². The first-order valence-corrected chi connectivity index (χ1v) is 13.2. The number of amides is 1. The molecular formula is C26H21F4N3O5S. The molecule has 1 fully saturated rings. The van der Waals surface area contributed by atoms with E-state index in [1.165, 1.54) is 18.2 Å². The van der Waals surface area contributed by atoms with Gasteiger partial charge in [-0.1, -0.05) is 6.07 Å². The zero-order chi connectivity index (χ0) is 27.9. The fourth-order valence-electron chi connectivity index (χ4n) is 4.47. The lowest BCUT2D eigenvalue weighted by Gasteiger charge is -2.22. The Morgan fingerprint density at radius 2 is 1.92 bits per heavy atom. The molecule has 0 spiro atoms. The van der Waals surface area contributed by atoms with Crippen molar-refractivity contribution in [2.75, 3.05) is 6.54 Å². The fraction of sp³-hybridized carbons (Fsp3) is 0.231. The molecular weight excluding hydrogens is 542 g/mol. The molecule has 204 valence electrons. The highest BCUT2D eigenvalue weighted by molar-refractivity contribution is 7.89. The van der Waals surface area contributed by atoms with E-state index >= 15 is 0 Å². The minimum atomic E-state index is -4.61. The molecule has 1 aliphatic heterocycles. The van der Waals surface area contributed by atoms with Crippen LogP contribution in [-0.4, -0.2) is 41.3 Å². The molecule has 5 rings (SSSR count). The molecule has 1 saturated heterocycles. The van der Waals surface area contributed by atoms with Crippen LogP contribution in [0.3, 0.4) is 0 Å². The Bertz CT molecular complexity index is 1670. The standard InChI is InChI=1S/C26H21F4N3O5S/c27-17-7-9-23-15(11-17)12-24(38-23)39(36,37)33-10-2-5-21(33)25(35)31-14-18-3-1-4-20(32-18)19-8-6-16(13-22(19)34)26(28,29)30/h1,3-4,6-9,11-13,21,34H,2,5,10,14H2,(H,31,35)/t21-/m0/s1. The molecule has 13 heteroatoms. The SMILES string of the molecule is O=C(NCc1cccc(-c2ccc(C(F)(F)F)cc2O)n1)[C@@H]1CCCN1S(=O)(=O)c1cc2cc(F)ccc2o1. The largest absolute Gasteiger partial charge is 0.507 e. The monoisotopic (exact) mass is 563 g/mol. The quantitative estimate of drug-likeness (QED) is 0.325. The third-order valence-electron chi connectivity index (χ3n) is 6.38. The van der Waals surface area contributed by atoms with Crippen LogP contribution < -0.4 is 5.32 Å². The van der Waals surface area contributed by atoms with Crippen LogP contribution in [-0.2, 0) is 27.5 Å². The van der Waals surface area contributed by atoms with Gasteiger partial charge in [0, 0.05) is 23.6 Å². The highest BCUT2D eigenvalue weighted by Crippen LogP contribution is 2.36. The average Bonchev–Trinajstić information content (AvgIpc) is 3.55. The summed E-state index contributed by atoms with van der Waals surface area (Å²) in [5.74, 6) is -1.71. The second-order valence-corrected chi connectivity index (χ2v) is 10.8. The normalized spacial score (nSPS) is 16.6. The van der Waals surface area contributed by atoms with Gasteiger partial charge in [0.25, 0.3) is 10.0 Å². The van der Waals surface area contributed by atoms with Gasteiger partial charge in [0.1, 0.15) is 23.2 Å². The number of sulfonamides is 1. The van der Waals surface area contributed by atoms with Crippen LogP contribution in [0, 0.1) is 5.82 Å². The first kappa shape index (κ1) is 26.6. The summed E-state index contributed by atoms with van der Waals surface area (Å²) in [6, 6.07) is 11.0. The minimum absolute atomic E-state index is 0.0787. The Morgan fingerprint density at radius 1 is 1.13 bits per heavy atom. The van der Waals surface area contributed by atoms with Crippen LogP contribution in [0.2, 0.25) is 0 Å². The lowest BCUT2D eigenvalue weighted by molar-refractivity contribution is -0.137. The number of nitrogens with one attached hydrogen (secondary N) is 1. The van der Waals surface area contributed by atoms with Crippen LogP contribution in [0.1, 0.15) is 24.1 Å². The van der Waals surface area contributed by atoms with Crippen molar-refractivity contribution >= 4 is 26.9 Å². The number of rotatable bonds is 6. The number of fused-ring (bicyclic) bond motifs is 1. The minimum Gasteiger partial charge on any atom is -0.507 e. The number of phenols is 1. The van der Waals surface area contributed by atoms with E-state index < -0.39 is 50.4 Å². The summed E-state index contributed by atoms with van der Waals surface area (Å²) in [6.45, 7) is -0.00483. The maximum Gasteiger partial charge on any atom is 0.416 e. The van der Waals surface area contributed by atoms with Gasteiger partial charge in [-0.05, 0) is 61.4 Å². The number of halogens is 4. The van der Waals surface area contributed by atoms with Crippen molar-refractivity contribution in [2.45, 2.75) is 36.7 Å². The van der Waals surface area contributed by atoms with E-state index in [0.717, 1.165) is 28.6 Å². The smallest absolute Gasteiger partial charge is 0.416 e. The average molecular weight is 564 g/mol. The van der Waals surface area contributed by atoms with Crippen molar-refractivity contribution in [3.05, 3.63) is 77.7 Å². The van der Waals surface area contributed by atoms with Crippen LogP contribution in [0.4, 0.5) is 17.6 Å². The second kappa shape index (κ2) is 9.97. The molecule has 4 aromatic rings. The van der Waals surface area contributed by atoms with E-state index in [0.29, 0.717) is 18.2 Å². The molecule has 1 amide bonds. The Morgan fingerprint density at radius 3 is 2.67 bits per heavy atom. The van der Waals surface area contributed by atoms with Crippen molar-refractivity contribution in [3.63, 3.8) is 0 Å². The van der Waals surface area contributed by atoms with Crippen molar-refractivity contribution in [1.29, 1.82) is 0 Å². The summed E-state index contributed by atoms with van der Waals surface area (Å²) in [7, 11) is -4.19. The maximum absolute atomic E-state index is 13.5. The van der Waals surface area contributed by atoms with Crippen molar-refractivity contribution in [2.24, 2.45) is 0 Å². The zero-order valence-electron chi connectivity index (χ0n) is 20.1. The van der Waals surface area contributed by atoms with Gasteiger partial charge >= 0.3 is 6.18 Å². The maximum atomic E-state index is 13.5. The first-order valence-electron chi connectivity index (χ1n) is 11.8. The number of phenolic OH excluding ortho intramolecular Hbond substituents is 1. The predicted octanol–water partition coefficient (Wildman–Crippen LogP) is 4.83. The molecule has 1 atom stereocenters. The van der Waals surface area contributed by atoms with Gasteiger partial charge in [-0.15, -0.1) is 0 Å². The van der Waals surface area contributed by atoms with E-state index in [1.54, 1.807) is 12.1 Å². The lowest BCUT2D eigenvalue weighted by Crippen LogP contribution is -2.45. The van der Waals surface area contributed by atoms with E-state index in [4.69, 9.17) is 4.42 Å². The number of pyridine rings is 1. The third-order valence-corrected chi connectivity index (χ3v) is 8.14. The zero-order valence-corrected chi connectivity index (χ0v) is 20.9. The number of hydrogen-bond acceptors (Lipinski definition) is 6. The molecule has 0 radical (unpaired) electrons. The molecule has 1 aliphatic rings. The number of alkyl halides is 3. The number of nitrogens with zero attached hydrogens (tertiary/aromatic N) is 2. The number of hydrogen-bond donors (Lipinski definition) is 2. The van der Waals surface area contributed by atoms with Crippen LogP contribution >= 0.6 is 0 Å². The molecule has 0 saturated carbocycles. The Kier molecular flexibility index (Phi) is 6.81. The Hall–Kier alpha value is -3.97. The van der Waals surface area contributed by atoms with E-state index in [2.05, 4.69) is 10.3 Å². The van der Waals surface area contributed by atoms with Gasteiger partial charge in [0.05, 0.1) is 23.5 Å². The van der Waals surface area contributed by atoms with Gasteiger partial charge in [-0.25, -0.2) is 12.8 Å². The number of carbonyl (C=O) groups excluding carboxylic acids is 1. The Balaban J connectivity index is 1.30. The number of aromatic hydroxyl groups is 1.